The molecular formula is C13H22N2. The summed E-state index contributed by atoms with van der Waals surface area (Å²) in [6.07, 6.45) is 2.42. The third-order valence-corrected chi connectivity index (χ3v) is 2.87. The summed E-state index contributed by atoms with van der Waals surface area (Å²) in [6, 6.07) is 11.0. The molecule has 15 heavy (non-hydrogen) atoms. The molecule has 1 aromatic rings. The van der Waals surface area contributed by atoms with Crippen LogP contribution >= 0.6 is 0 Å². The molecule has 2 heteroatoms. The summed E-state index contributed by atoms with van der Waals surface area (Å²) in [5.74, 6) is 0. The maximum absolute atomic E-state index is 3.42. The number of nitrogens with zero attached hydrogens (tertiary/aromatic N) is 1. The highest BCUT2D eigenvalue weighted by molar-refractivity contribution is 5.42. The molecule has 2 nitrogen and oxygen atoms in total. The minimum absolute atomic E-state index is 0.682. The summed E-state index contributed by atoms with van der Waals surface area (Å²) in [7, 11) is 2.17. The van der Waals surface area contributed by atoms with Gasteiger partial charge in [0, 0.05) is 11.7 Å². The van der Waals surface area contributed by atoms with Crippen LogP contribution in [-0.4, -0.2) is 24.7 Å². The second-order valence-corrected chi connectivity index (χ2v) is 3.93. The van der Waals surface area contributed by atoms with Crippen molar-refractivity contribution in [2.24, 2.45) is 0 Å². The minimum Gasteiger partial charge on any atom is -0.372 e. The van der Waals surface area contributed by atoms with Crippen molar-refractivity contribution in [1.29, 1.82) is 0 Å². The van der Waals surface area contributed by atoms with E-state index in [0.29, 0.717) is 6.04 Å². The first kappa shape index (κ1) is 12.1. The van der Waals surface area contributed by atoms with Crippen LogP contribution in [0.25, 0.3) is 0 Å². The fraction of sp³-hybridized carbons (Fsp3) is 0.538. The number of hydrogen-bond donors (Lipinski definition) is 1. The normalized spacial score (nSPS) is 11.0. The quantitative estimate of drug-likeness (QED) is 0.719. The molecule has 0 unspecified atom stereocenters. The van der Waals surface area contributed by atoms with Crippen LogP contribution in [0.15, 0.2) is 30.3 Å². The van der Waals surface area contributed by atoms with Crippen molar-refractivity contribution >= 4 is 5.69 Å². The Kier molecular flexibility index (Phi) is 5.19. The number of anilines is 1. The average molecular weight is 206 g/mol. The van der Waals surface area contributed by atoms with E-state index in [1.807, 2.05) is 6.07 Å². The molecule has 0 aliphatic carbocycles. The lowest BCUT2D eigenvalue weighted by atomic mass is 10.1. The van der Waals surface area contributed by atoms with E-state index in [-0.39, 0.29) is 0 Å². The number of hydrogen-bond acceptors (Lipinski definition) is 2. The molecule has 0 radical (unpaired) electrons. The Morgan fingerprint density at radius 1 is 1.13 bits per heavy atom. The van der Waals surface area contributed by atoms with Gasteiger partial charge in [0.25, 0.3) is 0 Å². The number of nitrogens with one attached hydrogen (secondary N) is 1. The highest BCUT2D eigenvalue weighted by Gasteiger charge is 2.08. The minimum atomic E-state index is 0.682. The van der Waals surface area contributed by atoms with Crippen LogP contribution in [0.1, 0.15) is 26.7 Å². The van der Waals surface area contributed by atoms with Crippen LogP contribution in [0.4, 0.5) is 5.69 Å². The van der Waals surface area contributed by atoms with Crippen molar-refractivity contribution in [2.75, 3.05) is 19.0 Å². The first-order valence-electron chi connectivity index (χ1n) is 5.77. The third kappa shape index (κ3) is 3.92. The Bertz CT molecular complexity index is 254. The van der Waals surface area contributed by atoms with Gasteiger partial charge in [0.15, 0.2) is 0 Å². The Hall–Kier alpha value is -1.02. The highest BCUT2D eigenvalue weighted by atomic mass is 15.2. The van der Waals surface area contributed by atoms with Crippen LogP contribution in [-0.2, 0) is 0 Å². The summed E-state index contributed by atoms with van der Waals surface area (Å²) in [5, 5.41) is 3.42. The molecule has 0 heterocycles. The second-order valence-electron chi connectivity index (χ2n) is 3.93. The van der Waals surface area contributed by atoms with Crippen molar-refractivity contribution in [2.45, 2.75) is 32.7 Å². The van der Waals surface area contributed by atoms with Gasteiger partial charge in [-0.1, -0.05) is 32.0 Å². The van der Waals surface area contributed by atoms with E-state index in [0.717, 1.165) is 6.67 Å². The van der Waals surface area contributed by atoms with Gasteiger partial charge >= 0.3 is 0 Å². The Morgan fingerprint density at radius 3 is 2.27 bits per heavy atom. The molecule has 0 aliphatic heterocycles. The molecule has 1 N–H and O–H groups in total. The molecule has 0 fully saturated rings. The Balaban J connectivity index is 2.36. The van der Waals surface area contributed by atoms with E-state index < -0.39 is 0 Å². The maximum atomic E-state index is 3.42. The molecule has 0 saturated heterocycles. The molecule has 0 amide bonds. The molecule has 0 bridgehead atoms. The van der Waals surface area contributed by atoms with Gasteiger partial charge in [0.1, 0.15) is 0 Å². The van der Waals surface area contributed by atoms with Crippen LogP contribution < -0.4 is 5.32 Å². The van der Waals surface area contributed by atoms with E-state index in [4.69, 9.17) is 0 Å². The van der Waals surface area contributed by atoms with Gasteiger partial charge in [-0.3, -0.25) is 4.90 Å². The maximum Gasteiger partial charge on any atom is 0.0678 e. The van der Waals surface area contributed by atoms with Crippen molar-refractivity contribution in [3.8, 4) is 0 Å². The molecule has 0 atom stereocenters. The smallest absolute Gasteiger partial charge is 0.0678 e. The van der Waals surface area contributed by atoms with Gasteiger partial charge in [-0.25, -0.2) is 0 Å². The van der Waals surface area contributed by atoms with Gasteiger partial charge in [-0.2, -0.15) is 0 Å². The SMILES string of the molecule is CCC(CC)N(C)CNc1ccccc1. The second kappa shape index (κ2) is 6.46. The van der Waals surface area contributed by atoms with Crippen LogP contribution in [0.3, 0.4) is 0 Å². The topological polar surface area (TPSA) is 15.3 Å². The molecule has 0 aliphatic rings. The molecule has 0 aromatic heterocycles. The number of rotatable bonds is 6. The van der Waals surface area contributed by atoms with Gasteiger partial charge < -0.3 is 5.32 Å². The number of benzene rings is 1. The molecule has 0 spiro atoms. The average Bonchev–Trinajstić information content (AvgIpc) is 2.29. The summed E-state index contributed by atoms with van der Waals surface area (Å²) in [4.78, 5) is 2.37. The van der Waals surface area contributed by atoms with Crippen LogP contribution in [0.5, 0.6) is 0 Å². The lowest BCUT2D eigenvalue weighted by Crippen LogP contribution is -2.34. The molecule has 1 aromatic carbocycles. The van der Waals surface area contributed by atoms with Crippen molar-refractivity contribution in [3.63, 3.8) is 0 Å². The van der Waals surface area contributed by atoms with Crippen LogP contribution in [0.2, 0.25) is 0 Å². The predicted octanol–water partition coefficient (Wildman–Crippen LogP) is 3.18. The van der Waals surface area contributed by atoms with E-state index in [9.17, 15) is 0 Å². The van der Waals surface area contributed by atoms with Gasteiger partial charge in [-0.15, -0.1) is 0 Å². The first-order valence-corrected chi connectivity index (χ1v) is 5.77. The zero-order valence-electron chi connectivity index (χ0n) is 10.0. The largest absolute Gasteiger partial charge is 0.372 e. The zero-order chi connectivity index (χ0) is 11.1. The third-order valence-electron chi connectivity index (χ3n) is 2.87. The summed E-state index contributed by atoms with van der Waals surface area (Å²) >= 11 is 0. The zero-order valence-corrected chi connectivity index (χ0v) is 10.0. The lowest BCUT2D eigenvalue weighted by Gasteiger charge is -2.26. The molecule has 0 saturated carbocycles. The molecular weight excluding hydrogens is 184 g/mol. The van der Waals surface area contributed by atoms with Crippen LogP contribution in [0, 0.1) is 0 Å². The summed E-state index contributed by atoms with van der Waals surface area (Å²) < 4.78 is 0. The Morgan fingerprint density at radius 2 is 1.73 bits per heavy atom. The first-order chi connectivity index (χ1) is 7.27. The van der Waals surface area contributed by atoms with E-state index in [2.05, 4.69) is 55.4 Å². The predicted molar refractivity (Wildman–Crippen MR) is 67.1 cm³/mol. The van der Waals surface area contributed by atoms with Crippen molar-refractivity contribution in [1.82, 2.24) is 4.90 Å². The van der Waals surface area contributed by atoms with E-state index >= 15 is 0 Å². The van der Waals surface area contributed by atoms with E-state index in [1.165, 1.54) is 18.5 Å². The summed E-state index contributed by atoms with van der Waals surface area (Å²) in [5.41, 5.74) is 1.19. The lowest BCUT2D eigenvalue weighted by molar-refractivity contribution is 0.245. The van der Waals surface area contributed by atoms with Crippen molar-refractivity contribution in [3.05, 3.63) is 30.3 Å². The molecule has 84 valence electrons. The number of para-hydroxylation sites is 1. The Labute approximate surface area is 93.3 Å². The van der Waals surface area contributed by atoms with Crippen molar-refractivity contribution < 1.29 is 0 Å². The summed E-state index contributed by atoms with van der Waals surface area (Å²) in [6.45, 7) is 5.40. The van der Waals surface area contributed by atoms with Gasteiger partial charge in [0.05, 0.1) is 6.67 Å². The van der Waals surface area contributed by atoms with Gasteiger partial charge in [0.2, 0.25) is 0 Å². The highest BCUT2D eigenvalue weighted by Crippen LogP contribution is 2.08. The standard InChI is InChI=1S/C13H22N2/c1-4-13(5-2)15(3)11-14-12-9-7-6-8-10-12/h6-10,13-14H,4-5,11H2,1-3H3. The molecule has 1 rings (SSSR count). The van der Waals surface area contributed by atoms with E-state index in [1.54, 1.807) is 0 Å². The fourth-order valence-electron chi connectivity index (χ4n) is 1.81. The monoisotopic (exact) mass is 206 g/mol. The van der Waals surface area contributed by atoms with Gasteiger partial charge in [-0.05, 0) is 32.0 Å². The fourth-order valence-corrected chi connectivity index (χ4v) is 1.81.